The van der Waals surface area contributed by atoms with Crippen molar-refractivity contribution in [3.8, 4) is 23.0 Å². The first-order valence-electron chi connectivity index (χ1n) is 22.0. The van der Waals surface area contributed by atoms with E-state index in [0.29, 0.717) is 62.7 Å². The van der Waals surface area contributed by atoms with Gasteiger partial charge < -0.3 is 30.1 Å². The second kappa shape index (κ2) is 25.0. The molecule has 0 unspecified atom stereocenters. The summed E-state index contributed by atoms with van der Waals surface area (Å²) in [6, 6.07) is 35.4. The fraction of sp³-hybridized carbons (Fsp3) is 0.115. The topological polar surface area (TPSA) is 284 Å². The van der Waals surface area contributed by atoms with Crippen molar-refractivity contribution in [3.63, 3.8) is 0 Å². The summed E-state index contributed by atoms with van der Waals surface area (Å²) in [4.78, 5) is 16.2. The average Bonchev–Trinajstić information content (AvgIpc) is 3.38. The van der Waals surface area contributed by atoms with E-state index in [2.05, 4.69) is 30.8 Å². The number of amides is 1. The zero-order valence-electron chi connectivity index (χ0n) is 40.1. The van der Waals surface area contributed by atoms with Gasteiger partial charge in [0.2, 0.25) is 0 Å². The van der Waals surface area contributed by atoms with Crippen molar-refractivity contribution >= 4 is 160 Å². The smallest absolute Gasteiger partial charge is 0.871 e. The van der Waals surface area contributed by atoms with Gasteiger partial charge in [-0.3, -0.25) is 18.9 Å². The van der Waals surface area contributed by atoms with E-state index in [4.69, 9.17) is 32.7 Å². The molecule has 0 atom stereocenters. The predicted molar refractivity (Wildman–Crippen MR) is 285 cm³/mol. The normalized spacial score (nSPS) is 11.9. The number of nitrogens with one attached hydrogen (secondary N) is 1. The molecule has 0 spiro atoms. The minimum atomic E-state index is -4.63. The van der Waals surface area contributed by atoms with Crippen molar-refractivity contribution in [2.24, 2.45) is 25.4 Å². The molecule has 0 saturated carbocycles. The molecule has 18 nitrogen and oxygen atoms in total. The van der Waals surface area contributed by atoms with Gasteiger partial charge in [0, 0.05) is 10.8 Å². The third-order valence-electron chi connectivity index (χ3n) is 11.2. The molecule has 0 fully saturated rings. The number of carbonyl (C=O) groups is 1. The van der Waals surface area contributed by atoms with Gasteiger partial charge in [0.1, 0.15) is 32.7 Å². The number of nitrogens with zero attached hydrogens (tertiary/aromatic N) is 5. The summed E-state index contributed by atoms with van der Waals surface area (Å²) in [5.74, 6) is -1.70. The van der Waals surface area contributed by atoms with Gasteiger partial charge in [-0.15, -0.1) is 5.11 Å². The number of fused-ring (bicyclic) bond motifs is 2. The summed E-state index contributed by atoms with van der Waals surface area (Å²) >= 11 is 12.2. The summed E-state index contributed by atoms with van der Waals surface area (Å²) in [5.41, 5.74) is 1.26. The van der Waals surface area contributed by atoms with Gasteiger partial charge in [0.05, 0.1) is 52.6 Å². The molecular formula is C52H42BaCl2N6O12S2. The number of carbonyl (C=O) groups excluding carboxylic acids is 1. The molecule has 0 bridgehead atoms. The van der Waals surface area contributed by atoms with Crippen LogP contribution in [-0.4, -0.2) is 106 Å². The number of azo groups is 2. The maximum atomic E-state index is 13.4. The molecule has 23 heteroatoms. The van der Waals surface area contributed by atoms with Crippen LogP contribution in [0.4, 0.5) is 34.1 Å². The quantitative estimate of drug-likeness (QED) is 0.0260. The molecule has 0 aliphatic carbocycles. The second-order valence-electron chi connectivity index (χ2n) is 15.8. The Bertz CT molecular complexity index is 3830. The number of methoxy groups -OCH3 is 2. The standard InChI is InChI=1S/2C26H22ClN3O6S.Ba/c2*1-3-15-12-17(14-22(23(15)27)37(33,34)35)29-30-24-18-9-5-4-8-16(18)13-19(25(24)31)26(32)28-20-10-6-7-11-21(20)36-2;/h2*4-14,31H,3H2,1-2H3,(H,28,32)(H,33,34,35);/q;;+2/p-2. The Kier molecular flexibility index (Phi) is 19.3. The van der Waals surface area contributed by atoms with Crippen molar-refractivity contribution in [2.45, 2.75) is 36.5 Å². The molecule has 4 N–H and O–H groups in total. The molecule has 8 rings (SSSR count). The van der Waals surface area contributed by atoms with E-state index in [1.165, 1.54) is 38.5 Å². The molecule has 380 valence electrons. The van der Waals surface area contributed by atoms with Crippen LogP contribution in [0, 0.1) is 0 Å². The number of halogens is 2. The molecule has 75 heavy (non-hydrogen) atoms. The third-order valence-corrected chi connectivity index (χ3v) is 14.0. The van der Waals surface area contributed by atoms with E-state index in [9.17, 15) is 46.1 Å². The minimum absolute atomic E-state index is 0. The Balaban J connectivity index is 0.000000241. The van der Waals surface area contributed by atoms with Crippen LogP contribution in [0.1, 0.15) is 40.9 Å². The number of anilines is 1. The van der Waals surface area contributed by atoms with Crippen molar-refractivity contribution < 1.29 is 55.5 Å². The molecule has 8 aromatic carbocycles. The number of aliphatic imine (C=N–C) groups is 1. The van der Waals surface area contributed by atoms with Crippen molar-refractivity contribution in [3.05, 3.63) is 166 Å². The van der Waals surface area contributed by atoms with Gasteiger partial charge in [0.25, 0.3) is 26.1 Å². The van der Waals surface area contributed by atoms with Crippen molar-refractivity contribution in [1.82, 2.24) is 0 Å². The molecule has 1 amide bonds. The number of hydrogen-bond donors (Lipinski definition) is 4. The predicted octanol–water partition coefficient (Wildman–Crippen LogP) is 11.5. The first kappa shape index (κ1) is 57.9. The molecule has 8 aromatic rings. The number of phenolic OH excluding ortho intramolecular Hbond substituents is 1. The number of aryl methyl sites for hydroxylation is 2. The first-order chi connectivity index (χ1) is 35.3. The van der Waals surface area contributed by atoms with Crippen molar-refractivity contribution in [2.75, 3.05) is 19.5 Å². The van der Waals surface area contributed by atoms with Crippen LogP contribution in [0.2, 0.25) is 10.0 Å². The fourth-order valence-electron chi connectivity index (χ4n) is 7.49. The number of aromatic hydroxyl groups is 1. The van der Waals surface area contributed by atoms with E-state index in [0.717, 1.165) is 12.1 Å². The Labute approximate surface area is 481 Å². The number of para-hydroxylation sites is 4. The van der Waals surface area contributed by atoms with Gasteiger partial charge in [-0.25, -0.2) is 0 Å². The van der Waals surface area contributed by atoms with Crippen LogP contribution >= 0.6 is 23.2 Å². The fourth-order valence-corrected chi connectivity index (χ4v) is 9.81. The molecule has 0 saturated heterocycles. The van der Waals surface area contributed by atoms with Crippen LogP contribution in [0.25, 0.3) is 21.5 Å². The Morgan fingerprint density at radius 3 is 1.60 bits per heavy atom. The Morgan fingerprint density at radius 1 is 0.627 bits per heavy atom. The zero-order chi connectivity index (χ0) is 53.5. The molecule has 0 radical (unpaired) electrons. The number of benzene rings is 8. The number of phenols is 1. The van der Waals surface area contributed by atoms with Crippen LogP contribution in [-0.2, 0) is 33.1 Å². The largest absolute Gasteiger partial charge is 2.00 e. The second-order valence-corrected chi connectivity index (χ2v) is 19.3. The third kappa shape index (κ3) is 13.3. The van der Waals surface area contributed by atoms with Crippen LogP contribution in [0.15, 0.2) is 169 Å². The monoisotopic (exact) mass is 1210 g/mol. The molecule has 0 heterocycles. The van der Waals surface area contributed by atoms with E-state index in [1.807, 2.05) is 0 Å². The first-order valence-corrected chi connectivity index (χ1v) is 25.7. The van der Waals surface area contributed by atoms with Gasteiger partial charge in [-0.2, -0.15) is 32.2 Å². The molecule has 0 aliphatic heterocycles. The maximum absolute atomic E-state index is 13.4. The van der Waals surface area contributed by atoms with Gasteiger partial charge in [0.15, 0.2) is 5.75 Å². The summed E-state index contributed by atoms with van der Waals surface area (Å²) < 4.78 is 76.8. The van der Waals surface area contributed by atoms with Crippen LogP contribution < -0.4 is 25.0 Å². The maximum Gasteiger partial charge on any atom is 2.00 e. The Morgan fingerprint density at radius 2 is 1.08 bits per heavy atom. The minimum Gasteiger partial charge on any atom is -0.871 e. The van der Waals surface area contributed by atoms with Crippen LogP contribution in [0.5, 0.6) is 23.0 Å². The summed E-state index contributed by atoms with van der Waals surface area (Å²) in [7, 11) is -6.32. The number of ether oxygens (including phenoxy) is 2. The molecule has 0 aliphatic rings. The van der Waals surface area contributed by atoms with E-state index >= 15 is 0 Å². The number of rotatable bonds is 14. The van der Waals surface area contributed by atoms with Crippen LogP contribution in [0.3, 0.4) is 0 Å². The van der Waals surface area contributed by atoms with E-state index < -0.39 is 53.3 Å². The van der Waals surface area contributed by atoms with Crippen molar-refractivity contribution in [1.29, 1.82) is 0 Å². The van der Waals surface area contributed by atoms with Gasteiger partial charge in [-0.1, -0.05) is 116 Å². The van der Waals surface area contributed by atoms with E-state index in [-0.39, 0.29) is 98.5 Å². The Hall–Kier alpha value is -6.41. The molecule has 0 aromatic heterocycles. The SMILES string of the molecule is CCc1cc(N=Nc2c(O)c(C(=O)Nc3ccccc3OC)cc3ccccc23)cc(S(=O)(=O)O)c1Cl.CCc1cc(N=Nc2c([O-])c(C([O-])=Nc3ccccc3OC)cc3ccccc23)cc(S(=O)(=O)O)c1Cl.[Ba+2]. The van der Waals surface area contributed by atoms with Gasteiger partial charge in [-0.05, 0) is 107 Å². The average molecular weight is 1220 g/mol. The molecular weight excluding hydrogens is 1170 g/mol. The van der Waals surface area contributed by atoms with E-state index in [1.54, 1.807) is 111 Å². The number of hydrogen-bond acceptors (Lipinski definition) is 15. The summed E-state index contributed by atoms with van der Waals surface area (Å²) in [5, 5.41) is 58.5. The van der Waals surface area contributed by atoms with Gasteiger partial charge >= 0.3 is 48.9 Å². The summed E-state index contributed by atoms with van der Waals surface area (Å²) in [6.07, 6.45) is 0.729. The summed E-state index contributed by atoms with van der Waals surface area (Å²) in [6.45, 7) is 3.51. The zero-order valence-corrected chi connectivity index (χ0v) is 47.7.